The first-order chi connectivity index (χ1) is 8.83. The van der Waals surface area contributed by atoms with E-state index in [9.17, 15) is 4.79 Å². The molecule has 1 N–H and O–H groups in total. The van der Waals surface area contributed by atoms with Crippen LogP contribution in [0.25, 0.3) is 0 Å². The van der Waals surface area contributed by atoms with Crippen molar-refractivity contribution in [2.75, 3.05) is 31.1 Å². The zero-order valence-electron chi connectivity index (χ0n) is 10.4. The lowest BCUT2D eigenvalue weighted by Gasteiger charge is -2.18. The van der Waals surface area contributed by atoms with Crippen LogP contribution >= 0.6 is 0 Å². The second-order valence-corrected chi connectivity index (χ2v) is 5.78. The normalized spacial score (nSPS) is 30.8. The molecule has 1 aromatic rings. The largest absolute Gasteiger partial charge is 0.351 e. The molecule has 3 aliphatic rings. The quantitative estimate of drug-likeness (QED) is 0.812. The van der Waals surface area contributed by atoms with Crippen LogP contribution in [-0.4, -0.2) is 35.7 Å². The summed E-state index contributed by atoms with van der Waals surface area (Å²) in [6.07, 6.45) is 5.89. The van der Waals surface area contributed by atoms with Gasteiger partial charge in [-0.25, -0.2) is 4.98 Å². The molecule has 1 aromatic heterocycles. The fraction of sp³-hybridized carbons (Fsp3) is 0.692. The minimum absolute atomic E-state index is 0.105. The monoisotopic (exact) mass is 246 g/mol. The van der Waals surface area contributed by atoms with Gasteiger partial charge in [0, 0.05) is 44.6 Å². The number of fused-ring (bicyclic) bond motifs is 1. The van der Waals surface area contributed by atoms with Crippen molar-refractivity contribution in [3.63, 3.8) is 0 Å². The fourth-order valence-electron chi connectivity index (χ4n) is 3.30. The standard InChI is InChI=1S/C13H18N4O/c18-13-12(15-3-4-17(13)11-1-2-11)16-7-9-5-14-6-10(9)8-16/h3-4,9-11,14H,1-2,5-8H2/t9-,10+. The van der Waals surface area contributed by atoms with Crippen LogP contribution in [0.15, 0.2) is 17.2 Å². The van der Waals surface area contributed by atoms with Gasteiger partial charge in [-0.2, -0.15) is 0 Å². The van der Waals surface area contributed by atoms with E-state index in [0.29, 0.717) is 23.7 Å². The van der Waals surface area contributed by atoms with Crippen molar-refractivity contribution in [3.8, 4) is 0 Å². The Morgan fingerprint density at radius 2 is 1.94 bits per heavy atom. The van der Waals surface area contributed by atoms with Gasteiger partial charge >= 0.3 is 0 Å². The minimum atomic E-state index is 0.105. The first kappa shape index (κ1) is 10.6. The molecule has 3 fully saturated rings. The Kier molecular flexibility index (Phi) is 2.24. The molecule has 4 rings (SSSR count). The van der Waals surface area contributed by atoms with Crippen LogP contribution in [0.3, 0.4) is 0 Å². The van der Waals surface area contributed by atoms with Crippen LogP contribution in [0.5, 0.6) is 0 Å². The Balaban J connectivity index is 1.65. The van der Waals surface area contributed by atoms with Gasteiger partial charge in [-0.15, -0.1) is 0 Å². The van der Waals surface area contributed by atoms with Crippen LogP contribution < -0.4 is 15.8 Å². The molecule has 2 aliphatic heterocycles. The zero-order chi connectivity index (χ0) is 12.1. The molecular weight excluding hydrogens is 228 g/mol. The lowest BCUT2D eigenvalue weighted by Crippen LogP contribution is -2.33. The Morgan fingerprint density at radius 1 is 1.22 bits per heavy atom. The third kappa shape index (κ3) is 1.57. The molecule has 5 heteroatoms. The Hall–Kier alpha value is -1.36. The van der Waals surface area contributed by atoms with Gasteiger partial charge in [0.05, 0.1) is 0 Å². The van der Waals surface area contributed by atoms with Crippen molar-refractivity contribution in [1.29, 1.82) is 0 Å². The molecule has 2 saturated heterocycles. The van der Waals surface area contributed by atoms with E-state index in [4.69, 9.17) is 0 Å². The highest BCUT2D eigenvalue weighted by molar-refractivity contribution is 5.38. The van der Waals surface area contributed by atoms with E-state index in [1.54, 1.807) is 6.20 Å². The molecule has 0 radical (unpaired) electrons. The molecule has 1 aliphatic carbocycles. The second kappa shape index (κ2) is 3.82. The van der Waals surface area contributed by atoms with Crippen molar-refractivity contribution in [3.05, 3.63) is 22.7 Å². The zero-order valence-corrected chi connectivity index (χ0v) is 10.4. The fourth-order valence-corrected chi connectivity index (χ4v) is 3.30. The second-order valence-electron chi connectivity index (χ2n) is 5.78. The van der Waals surface area contributed by atoms with Crippen LogP contribution in [0, 0.1) is 11.8 Å². The molecule has 2 atom stereocenters. The van der Waals surface area contributed by atoms with Crippen LogP contribution in [0.1, 0.15) is 18.9 Å². The number of hydrogen-bond donors (Lipinski definition) is 1. The molecule has 1 saturated carbocycles. The number of hydrogen-bond acceptors (Lipinski definition) is 4. The van der Waals surface area contributed by atoms with Gasteiger partial charge in [-0.3, -0.25) is 4.79 Å². The summed E-state index contributed by atoms with van der Waals surface area (Å²) in [5, 5.41) is 3.42. The van der Waals surface area contributed by atoms with Gasteiger partial charge in [0.2, 0.25) is 0 Å². The molecule has 0 bridgehead atoms. The first-order valence-corrected chi connectivity index (χ1v) is 6.86. The molecule has 0 amide bonds. The average Bonchev–Trinajstić information content (AvgIpc) is 2.97. The summed E-state index contributed by atoms with van der Waals surface area (Å²) in [5.74, 6) is 2.06. The molecular formula is C13H18N4O. The van der Waals surface area contributed by atoms with Crippen molar-refractivity contribution < 1.29 is 0 Å². The third-order valence-electron chi connectivity index (χ3n) is 4.48. The smallest absolute Gasteiger partial charge is 0.293 e. The summed E-state index contributed by atoms with van der Waals surface area (Å²) < 4.78 is 1.87. The van der Waals surface area contributed by atoms with E-state index in [-0.39, 0.29) is 5.56 Å². The maximum atomic E-state index is 12.4. The first-order valence-electron chi connectivity index (χ1n) is 6.86. The van der Waals surface area contributed by atoms with Gasteiger partial charge in [-0.05, 0) is 24.7 Å². The third-order valence-corrected chi connectivity index (χ3v) is 4.48. The number of rotatable bonds is 2. The molecule has 3 heterocycles. The molecule has 0 unspecified atom stereocenters. The summed E-state index contributed by atoms with van der Waals surface area (Å²) in [5.41, 5.74) is 0.105. The number of anilines is 1. The van der Waals surface area contributed by atoms with Crippen molar-refractivity contribution in [1.82, 2.24) is 14.9 Å². The van der Waals surface area contributed by atoms with Crippen molar-refractivity contribution in [2.24, 2.45) is 11.8 Å². The Morgan fingerprint density at radius 3 is 2.61 bits per heavy atom. The highest BCUT2D eigenvalue weighted by Crippen LogP contribution is 2.34. The maximum Gasteiger partial charge on any atom is 0.293 e. The molecule has 18 heavy (non-hydrogen) atoms. The predicted molar refractivity (Wildman–Crippen MR) is 68.8 cm³/mol. The molecule has 0 spiro atoms. The van der Waals surface area contributed by atoms with Gasteiger partial charge in [0.25, 0.3) is 5.56 Å². The van der Waals surface area contributed by atoms with E-state index >= 15 is 0 Å². The number of aromatic nitrogens is 2. The van der Waals surface area contributed by atoms with E-state index < -0.39 is 0 Å². The Labute approximate surface area is 106 Å². The van der Waals surface area contributed by atoms with E-state index in [1.165, 1.54) is 0 Å². The van der Waals surface area contributed by atoms with Crippen molar-refractivity contribution in [2.45, 2.75) is 18.9 Å². The Bertz CT molecular complexity index is 510. The average molecular weight is 246 g/mol. The molecule has 5 nitrogen and oxygen atoms in total. The highest BCUT2D eigenvalue weighted by Gasteiger charge is 2.38. The maximum absolute atomic E-state index is 12.4. The highest BCUT2D eigenvalue weighted by atomic mass is 16.1. The van der Waals surface area contributed by atoms with Crippen LogP contribution in [0.4, 0.5) is 5.82 Å². The summed E-state index contributed by atoms with van der Waals surface area (Å²) in [4.78, 5) is 18.9. The van der Waals surface area contributed by atoms with Gasteiger partial charge < -0.3 is 14.8 Å². The predicted octanol–water partition coefficient (Wildman–Crippen LogP) is 0.234. The van der Waals surface area contributed by atoms with Crippen molar-refractivity contribution >= 4 is 5.82 Å². The van der Waals surface area contributed by atoms with Gasteiger partial charge in [-0.1, -0.05) is 0 Å². The lowest BCUT2D eigenvalue weighted by atomic mass is 10.0. The molecule has 0 aromatic carbocycles. The molecule has 96 valence electrons. The number of nitrogens with zero attached hydrogens (tertiary/aromatic N) is 3. The topological polar surface area (TPSA) is 50.2 Å². The van der Waals surface area contributed by atoms with Crippen LogP contribution in [0.2, 0.25) is 0 Å². The van der Waals surface area contributed by atoms with E-state index in [1.807, 2.05) is 10.8 Å². The summed E-state index contributed by atoms with van der Waals surface area (Å²) in [7, 11) is 0. The van der Waals surface area contributed by atoms with E-state index in [0.717, 1.165) is 39.0 Å². The van der Waals surface area contributed by atoms with Gasteiger partial charge in [0.1, 0.15) is 0 Å². The van der Waals surface area contributed by atoms with E-state index in [2.05, 4.69) is 15.2 Å². The summed E-state index contributed by atoms with van der Waals surface area (Å²) >= 11 is 0. The SMILES string of the molecule is O=c1c(N2C[C@H]3CNC[C@H]3C2)nccn1C1CC1. The number of nitrogens with one attached hydrogen (secondary N) is 1. The lowest BCUT2D eigenvalue weighted by molar-refractivity contribution is 0.533. The van der Waals surface area contributed by atoms with Gasteiger partial charge in [0.15, 0.2) is 5.82 Å². The van der Waals surface area contributed by atoms with Crippen LogP contribution in [-0.2, 0) is 0 Å². The summed E-state index contributed by atoms with van der Waals surface area (Å²) in [6.45, 7) is 4.14. The summed E-state index contributed by atoms with van der Waals surface area (Å²) in [6, 6.07) is 0.433. The minimum Gasteiger partial charge on any atom is -0.351 e.